The molecule has 4 rings (SSSR count). The number of ether oxygens (including phenoxy) is 1. The fourth-order valence-corrected chi connectivity index (χ4v) is 3.97. The molecule has 2 aromatic carbocycles. The standard InChI is InChI=1S/C12H14O2.C11H12O2/c1-14-12(13)11-7-6-9-4-2-3-5-10(9)8-11;12-11(13)10-6-5-8-3-1-2-4-9(8)7-10/h2-5,11H,6-8H2,1H3;1-4,10H,5-7H2,(H,12,13). The van der Waals surface area contributed by atoms with Gasteiger partial charge in [0.1, 0.15) is 0 Å². The zero-order valence-corrected chi connectivity index (χ0v) is 15.7. The number of carbonyl (C=O) groups is 2. The first kappa shape index (κ1) is 19.2. The second kappa shape index (κ2) is 8.85. The van der Waals surface area contributed by atoms with Crippen molar-refractivity contribution in [2.24, 2.45) is 11.8 Å². The van der Waals surface area contributed by atoms with Crippen LogP contribution in [0.15, 0.2) is 48.5 Å². The number of rotatable bonds is 2. The number of fused-ring (bicyclic) bond motifs is 2. The van der Waals surface area contributed by atoms with E-state index < -0.39 is 5.97 Å². The van der Waals surface area contributed by atoms with Gasteiger partial charge in [0, 0.05) is 0 Å². The minimum Gasteiger partial charge on any atom is -0.481 e. The van der Waals surface area contributed by atoms with Gasteiger partial charge in [-0.1, -0.05) is 48.5 Å². The molecule has 27 heavy (non-hydrogen) atoms. The summed E-state index contributed by atoms with van der Waals surface area (Å²) < 4.78 is 4.77. The van der Waals surface area contributed by atoms with Gasteiger partial charge >= 0.3 is 11.9 Å². The third kappa shape index (κ3) is 4.76. The number of methoxy groups -OCH3 is 1. The van der Waals surface area contributed by atoms with Crippen LogP contribution in [0.5, 0.6) is 0 Å². The molecule has 2 atom stereocenters. The SMILES string of the molecule is COC(=O)C1CCc2ccccc2C1.O=C(O)C1CCc2ccccc2C1. The van der Waals surface area contributed by atoms with Crippen molar-refractivity contribution >= 4 is 11.9 Å². The normalized spacial score (nSPS) is 20.3. The van der Waals surface area contributed by atoms with Gasteiger partial charge in [-0.15, -0.1) is 0 Å². The van der Waals surface area contributed by atoms with E-state index in [1.807, 2.05) is 24.3 Å². The summed E-state index contributed by atoms with van der Waals surface area (Å²) in [6.07, 6.45) is 5.15. The summed E-state index contributed by atoms with van der Waals surface area (Å²) >= 11 is 0. The van der Waals surface area contributed by atoms with Gasteiger partial charge in [0.15, 0.2) is 0 Å². The van der Waals surface area contributed by atoms with Gasteiger partial charge < -0.3 is 9.84 Å². The van der Waals surface area contributed by atoms with Gasteiger partial charge in [-0.05, 0) is 60.8 Å². The van der Waals surface area contributed by atoms with Crippen LogP contribution in [0.2, 0.25) is 0 Å². The summed E-state index contributed by atoms with van der Waals surface area (Å²) in [4.78, 5) is 22.1. The highest BCUT2D eigenvalue weighted by atomic mass is 16.5. The highest BCUT2D eigenvalue weighted by Crippen LogP contribution is 2.26. The van der Waals surface area contributed by atoms with Crippen molar-refractivity contribution in [3.05, 3.63) is 70.8 Å². The van der Waals surface area contributed by atoms with Crippen LogP contribution in [-0.2, 0) is 40.0 Å². The van der Waals surface area contributed by atoms with E-state index in [0.29, 0.717) is 6.42 Å². The predicted molar refractivity (Wildman–Crippen MR) is 104 cm³/mol. The Labute approximate surface area is 160 Å². The quantitative estimate of drug-likeness (QED) is 0.820. The highest BCUT2D eigenvalue weighted by molar-refractivity contribution is 5.73. The van der Waals surface area contributed by atoms with Crippen molar-refractivity contribution in [1.29, 1.82) is 0 Å². The van der Waals surface area contributed by atoms with Crippen molar-refractivity contribution in [2.75, 3.05) is 7.11 Å². The Bertz CT molecular complexity index is 812. The number of aryl methyl sites for hydroxylation is 2. The third-order valence-corrected chi connectivity index (χ3v) is 5.58. The average Bonchev–Trinajstić information content (AvgIpc) is 2.72. The molecule has 0 saturated heterocycles. The second-order valence-electron chi connectivity index (χ2n) is 7.28. The van der Waals surface area contributed by atoms with Crippen LogP contribution >= 0.6 is 0 Å². The van der Waals surface area contributed by atoms with Crippen LogP contribution in [0.25, 0.3) is 0 Å². The molecular weight excluding hydrogens is 340 g/mol. The van der Waals surface area contributed by atoms with Crippen molar-refractivity contribution in [3.63, 3.8) is 0 Å². The molecule has 0 saturated carbocycles. The van der Waals surface area contributed by atoms with Crippen molar-refractivity contribution < 1.29 is 19.4 Å². The molecule has 2 unspecified atom stereocenters. The summed E-state index contributed by atoms with van der Waals surface area (Å²) in [5, 5.41) is 8.86. The summed E-state index contributed by atoms with van der Waals surface area (Å²) in [6.45, 7) is 0. The number of carbonyl (C=O) groups excluding carboxylic acids is 1. The van der Waals surface area contributed by atoms with Crippen LogP contribution in [0, 0.1) is 11.8 Å². The lowest BCUT2D eigenvalue weighted by Crippen LogP contribution is -2.23. The maximum atomic E-state index is 11.4. The number of aliphatic carboxylic acids is 1. The number of carboxylic acids is 1. The predicted octanol–water partition coefficient (Wildman–Crippen LogP) is 3.84. The molecule has 0 bridgehead atoms. The molecule has 2 aromatic rings. The van der Waals surface area contributed by atoms with E-state index in [0.717, 1.165) is 32.1 Å². The Hall–Kier alpha value is -2.62. The maximum Gasteiger partial charge on any atom is 0.309 e. The van der Waals surface area contributed by atoms with E-state index in [9.17, 15) is 9.59 Å². The summed E-state index contributed by atoms with van der Waals surface area (Å²) in [5.41, 5.74) is 5.21. The molecule has 0 fully saturated rings. The molecule has 2 aliphatic carbocycles. The molecule has 0 amide bonds. The lowest BCUT2D eigenvalue weighted by atomic mass is 9.84. The molecular formula is C23H26O4. The molecule has 0 spiro atoms. The maximum absolute atomic E-state index is 11.4. The Kier molecular flexibility index (Phi) is 6.28. The van der Waals surface area contributed by atoms with Crippen LogP contribution in [0.1, 0.15) is 35.1 Å². The van der Waals surface area contributed by atoms with Gasteiger partial charge in [0.25, 0.3) is 0 Å². The van der Waals surface area contributed by atoms with Crippen LogP contribution < -0.4 is 0 Å². The molecule has 0 heterocycles. The zero-order valence-electron chi connectivity index (χ0n) is 15.7. The monoisotopic (exact) mass is 366 g/mol. The fraction of sp³-hybridized carbons (Fsp3) is 0.391. The van der Waals surface area contributed by atoms with Gasteiger partial charge in [-0.2, -0.15) is 0 Å². The summed E-state index contributed by atoms with van der Waals surface area (Å²) in [7, 11) is 1.46. The molecule has 0 aromatic heterocycles. The zero-order chi connectivity index (χ0) is 19.2. The fourth-order valence-electron chi connectivity index (χ4n) is 3.97. The number of carboxylic acid groups (broad SMARTS) is 1. The van der Waals surface area contributed by atoms with Gasteiger partial charge in [0.05, 0.1) is 18.9 Å². The Morgan fingerprint density at radius 3 is 1.74 bits per heavy atom. The summed E-state index contributed by atoms with van der Waals surface area (Å²) in [6, 6.07) is 16.4. The molecule has 0 aliphatic heterocycles. The van der Waals surface area contributed by atoms with Crippen LogP contribution in [-0.4, -0.2) is 24.2 Å². The molecule has 0 radical (unpaired) electrons. The van der Waals surface area contributed by atoms with Crippen molar-refractivity contribution in [3.8, 4) is 0 Å². The second-order valence-corrected chi connectivity index (χ2v) is 7.28. The Balaban J connectivity index is 0.000000156. The smallest absolute Gasteiger partial charge is 0.309 e. The molecule has 4 heteroatoms. The highest BCUT2D eigenvalue weighted by Gasteiger charge is 2.25. The lowest BCUT2D eigenvalue weighted by Gasteiger charge is -2.22. The van der Waals surface area contributed by atoms with Crippen molar-refractivity contribution in [1.82, 2.24) is 0 Å². The molecule has 1 N–H and O–H groups in total. The number of esters is 1. The van der Waals surface area contributed by atoms with Crippen LogP contribution in [0.4, 0.5) is 0 Å². The third-order valence-electron chi connectivity index (χ3n) is 5.58. The molecule has 142 valence electrons. The lowest BCUT2D eigenvalue weighted by molar-refractivity contribution is -0.146. The Morgan fingerprint density at radius 1 is 0.815 bits per heavy atom. The average molecular weight is 366 g/mol. The summed E-state index contributed by atoms with van der Waals surface area (Å²) in [5.74, 6) is -0.834. The minimum atomic E-state index is -0.658. The van der Waals surface area contributed by atoms with Crippen LogP contribution in [0.3, 0.4) is 0 Å². The van der Waals surface area contributed by atoms with Crippen molar-refractivity contribution in [2.45, 2.75) is 38.5 Å². The van der Waals surface area contributed by atoms with Gasteiger partial charge in [-0.3, -0.25) is 9.59 Å². The first-order valence-corrected chi connectivity index (χ1v) is 9.52. The largest absolute Gasteiger partial charge is 0.481 e. The van der Waals surface area contributed by atoms with E-state index in [-0.39, 0.29) is 17.8 Å². The van der Waals surface area contributed by atoms with Gasteiger partial charge in [-0.25, -0.2) is 0 Å². The van der Waals surface area contributed by atoms with E-state index >= 15 is 0 Å². The van der Waals surface area contributed by atoms with E-state index in [1.165, 1.54) is 29.4 Å². The first-order chi connectivity index (χ1) is 13.1. The van der Waals surface area contributed by atoms with Gasteiger partial charge in [0.2, 0.25) is 0 Å². The number of hydrogen-bond donors (Lipinski definition) is 1. The molecule has 4 nitrogen and oxygen atoms in total. The number of benzene rings is 2. The van der Waals surface area contributed by atoms with E-state index in [4.69, 9.17) is 9.84 Å². The minimum absolute atomic E-state index is 0.0647. The van der Waals surface area contributed by atoms with E-state index in [1.54, 1.807) is 0 Å². The first-order valence-electron chi connectivity index (χ1n) is 9.52. The number of hydrogen-bond acceptors (Lipinski definition) is 3. The van der Waals surface area contributed by atoms with E-state index in [2.05, 4.69) is 24.3 Å². The molecule has 2 aliphatic rings. The Morgan fingerprint density at radius 2 is 1.26 bits per heavy atom. The topological polar surface area (TPSA) is 63.6 Å².